The Kier molecular flexibility index (Phi) is 3.84. The van der Waals surface area contributed by atoms with Gasteiger partial charge in [-0.25, -0.2) is 0 Å². The summed E-state index contributed by atoms with van der Waals surface area (Å²) in [6.45, 7) is 4.88. The summed E-state index contributed by atoms with van der Waals surface area (Å²) >= 11 is 0. The number of anilines is 4. The maximum absolute atomic E-state index is 5.71. The minimum atomic E-state index is 0.241. The quantitative estimate of drug-likeness (QED) is 0.758. The van der Waals surface area contributed by atoms with Gasteiger partial charge in [-0.05, 0) is 13.3 Å². The van der Waals surface area contributed by atoms with Crippen LogP contribution < -0.4 is 16.4 Å². The van der Waals surface area contributed by atoms with Crippen LogP contribution in [0.25, 0.3) is 0 Å². The van der Waals surface area contributed by atoms with Gasteiger partial charge in [0.25, 0.3) is 0 Å². The molecule has 0 atom stereocenters. The molecule has 0 saturated carbocycles. The SMILES string of the molecule is CCCNc1cc(Nc2cn(C)nc2C)nc(N)n1. The summed E-state index contributed by atoms with van der Waals surface area (Å²) in [5.74, 6) is 1.62. The van der Waals surface area contributed by atoms with Crippen molar-refractivity contribution in [1.82, 2.24) is 19.7 Å². The van der Waals surface area contributed by atoms with Gasteiger partial charge in [-0.1, -0.05) is 6.92 Å². The van der Waals surface area contributed by atoms with Crippen LogP contribution in [0.15, 0.2) is 12.3 Å². The predicted molar refractivity (Wildman–Crippen MR) is 76.5 cm³/mol. The molecule has 0 amide bonds. The van der Waals surface area contributed by atoms with E-state index in [-0.39, 0.29) is 5.95 Å². The number of aromatic nitrogens is 4. The third-order valence-corrected chi connectivity index (χ3v) is 2.58. The highest BCUT2D eigenvalue weighted by molar-refractivity contribution is 5.61. The minimum absolute atomic E-state index is 0.241. The monoisotopic (exact) mass is 261 g/mol. The number of nitrogens with zero attached hydrogens (tertiary/aromatic N) is 4. The second-order valence-corrected chi connectivity index (χ2v) is 4.35. The van der Waals surface area contributed by atoms with Gasteiger partial charge in [0, 0.05) is 25.9 Å². The van der Waals surface area contributed by atoms with E-state index in [0.29, 0.717) is 5.82 Å². The molecule has 7 heteroatoms. The Morgan fingerprint density at radius 2 is 2.05 bits per heavy atom. The number of nitrogens with one attached hydrogen (secondary N) is 2. The molecule has 0 saturated heterocycles. The Hall–Kier alpha value is -2.31. The Balaban J connectivity index is 2.20. The lowest BCUT2D eigenvalue weighted by Gasteiger charge is -2.08. The van der Waals surface area contributed by atoms with Gasteiger partial charge < -0.3 is 16.4 Å². The molecular weight excluding hydrogens is 242 g/mol. The molecule has 2 aromatic rings. The van der Waals surface area contributed by atoms with E-state index in [2.05, 4.69) is 32.6 Å². The zero-order valence-corrected chi connectivity index (χ0v) is 11.4. The van der Waals surface area contributed by atoms with Crippen LogP contribution in [-0.4, -0.2) is 26.3 Å². The average molecular weight is 261 g/mol. The molecule has 0 aliphatic carbocycles. The molecule has 0 radical (unpaired) electrons. The Morgan fingerprint density at radius 3 is 2.68 bits per heavy atom. The lowest BCUT2D eigenvalue weighted by molar-refractivity contribution is 0.756. The van der Waals surface area contributed by atoms with E-state index in [1.54, 1.807) is 4.68 Å². The van der Waals surface area contributed by atoms with Crippen molar-refractivity contribution >= 4 is 23.3 Å². The van der Waals surface area contributed by atoms with Crippen molar-refractivity contribution in [3.63, 3.8) is 0 Å². The maximum atomic E-state index is 5.71. The molecule has 0 bridgehead atoms. The molecule has 0 unspecified atom stereocenters. The summed E-state index contributed by atoms with van der Waals surface area (Å²) in [6.07, 6.45) is 2.92. The summed E-state index contributed by atoms with van der Waals surface area (Å²) in [6, 6.07) is 1.83. The number of aryl methyl sites for hydroxylation is 2. The second-order valence-electron chi connectivity index (χ2n) is 4.35. The highest BCUT2D eigenvalue weighted by Crippen LogP contribution is 2.20. The summed E-state index contributed by atoms with van der Waals surface area (Å²) in [4.78, 5) is 8.30. The van der Waals surface area contributed by atoms with Crippen molar-refractivity contribution in [2.45, 2.75) is 20.3 Å². The van der Waals surface area contributed by atoms with Gasteiger partial charge in [-0.3, -0.25) is 4.68 Å². The van der Waals surface area contributed by atoms with Gasteiger partial charge >= 0.3 is 0 Å². The molecule has 7 nitrogen and oxygen atoms in total. The molecule has 0 spiro atoms. The standard InChI is InChI=1S/C12H19N7/c1-4-5-14-10-6-11(17-12(13)16-10)15-9-7-19(3)18-8(9)2/h6-7H,4-5H2,1-3H3,(H4,13,14,15,16,17). The van der Waals surface area contributed by atoms with Crippen molar-refractivity contribution in [2.24, 2.45) is 7.05 Å². The fourth-order valence-corrected chi connectivity index (χ4v) is 1.73. The largest absolute Gasteiger partial charge is 0.370 e. The van der Waals surface area contributed by atoms with Gasteiger partial charge in [-0.2, -0.15) is 15.1 Å². The Labute approximate surface area is 112 Å². The van der Waals surface area contributed by atoms with Crippen LogP contribution in [0.5, 0.6) is 0 Å². The first-order valence-corrected chi connectivity index (χ1v) is 6.24. The van der Waals surface area contributed by atoms with Crippen molar-refractivity contribution in [2.75, 3.05) is 22.9 Å². The van der Waals surface area contributed by atoms with Crippen LogP contribution in [0.4, 0.5) is 23.3 Å². The first-order valence-electron chi connectivity index (χ1n) is 6.24. The molecule has 2 rings (SSSR count). The summed E-state index contributed by atoms with van der Waals surface area (Å²) in [5, 5.41) is 10.7. The van der Waals surface area contributed by atoms with Crippen LogP contribution >= 0.6 is 0 Å². The lowest BCUT2D eigenvalue weighted by Crippen LogP contribution is -2.06. The zero-order chi connectivity index (χ0) is 13.8. The van der Waals surface area contributed by atoms with E-state index in [1.165, 1.54) is 0 Å². The van der Waals surface area contributed by atoms with Crippen LogP contribution in [0.3, 0.4) is 0 Å². The first-order chi connectivity index (χ1) is 9.08. The van der Waals surface area contributed by atoms with Crippen molar-refractivity contribution in [1.29, 1.82) is 0 Å². The number of nitrogens with two attached hydrogens (primary N) is 1. The van der Waals surface area contributed by atoms with Gasteiger partial charge in [0.15, 0.2) is 0 Å². The maximum Gasteiger partial charge on any atom is 0.223 e. The van der Waals surface area contributed by atoms with E-state index in [4.69, 9.17) is 5.73 Å². The molecule has 2 aromatic heterocycles. The Bertz CT molecular complexity index is 561. The summed E-state index contributed by atoms with van der Waals surface area (Å²) in [7, 11) is 1.88. The van der Waals surface area contributed by atoms with Crippen molar-refractivity contribution < 1.29 is 0 Å². The third-order valence-electron chi connectivity index (χ3n) is 2.58. The normalized spacial score (nSPS) is 10.5. The van der Waals surface area contributed by atoms with E-state index in [0.717, 1.165) is 30.2 Å². The van der Waals surface area contributed by atoms with E-state index in [1.807, 2.05) is 26.2 Å². The molecule has 19 heavy (non-hydrogen) atoms. The number of nitrogen functional groups attached to an aromatic ring is 1. The zero-order valence-electron chi connectivity index (χ0n) is 11.4. The highest BCUT2D eigenvalue weighted by Gasteiger charge is 2.06. The van der Waals surface area contributed by atoms with Gasteiger partial charge in [0.1, 0.15) is 11.6 Å². The number of hydrogen-bond donors (Lipinski definition) is 3. The van der Waals surface area contributed by atoms with Gasteiger partial charge in [0.2, 0.25) is 5.95 Å². The number of hydrogen-bond acceptors (Lipinski definition) is 6. The fourth-order valence-electron chi connectivity index (χ4n) is 1.73. The van der Waals surface area contributed by atoms with Crippen LogP contribution in [0.1, 0.15) is 19.0 Å². The second kappa shape index (κ2) is 5.55. The molecule has 0 aliphatic heterocycles. The highest BCUT2D eigenvalue weighted by atomic mass is 15.3. The Morgan fingerprint density at radius 1 is 1.32 bits per heavy atom. The first kappa shape index (κ1) is 13.1. The fraction of sp³-hybridized carbons (Fsp3) is 0.417. The van der Waals surface area contributed by atoms with Crippen molar-refractivity contribution in [3.05, 3.63) is 18.0 Å². The summed E-state index contributed by atoms with van der Waals surface area (Å²) < 4.78 is 1.75. The molecule has 0 aromatic carbocycles. The number of rotatable bonds is 5. The molecule has 0 aliphatic rings. The smallest absolute Gasteiger partial charge is 0.223 e. The van der Waals surface area contributed by atoms with Crippen LogP contribution in [0, 0.1) is 6.92 Å². The molecule has 4 N–H and O–H groups in total. The lowest BCUT2D eigenvalue weighted by atomic mass is 10.4. The molecule has 102 valence electrons. The predicted octanol–water partition coefficient (Wildman–Crippen LogP) is 1.67. The van der Waals surface area contributed by atoms with E-state index in [9.17, 15) is 0 Å². The third kappa shape index (κ3) is 3.34. The van der Waals surface area contributed by atoms with Gasteiger partial charge in [-0.15, -0.1) is 0 Å². The van der Waals surface area contributed by atoms with Crippen molar-refractivity contribution in [3.8, 4) is 0 Å². The summed E-state index contributed by atoms with van der Waals surface area (Å²) in [5.41, 5.74) is 7.51. The average Bonchev–Trinajstić information content (AvgIpc) is 2.64. The van der Waals surface area contributed by atoms with Crippen LogP contribution in [-0.2, 0) is 7.05 Å². The minimum Gasteiger partial charge on any atom is -0.370 e. The van der Waals surface area contributed by atoms with E-state index < -0.39 is 0 Å². The van der Waals surface area contributed by atoms with Gasteiger partial charge in [0.05, 0.1) is 11.4 Å². The van der Waals surface area contributed by atoms with E-state index >= 15 is 0 Å². The van der Waals surface area contributed by atoms with Crippen LogP contribution in [0.2, 0.25) is 0 Å². The molecule has 2 heterocycles. The molecular formula is C12H19N7. The molecule has 0 fully saturated rings. The topological polar surface area (TPSA) is 93.7 Å².